The number of likely N-dealkylation sites (tertiary alicyclic amines) is 1. The van der Waals surface area contributed by atoms with Gasteiger partial charge in [0.25, 0.3) is 5.91 Å². The molecule has 7 heteroatoms. The summed E-state index contributed by atoms with van der Waals surface area (Å²) in [6, 6.07) is 6.18. The van der Waals surface area contributed by atoms with Crippen molar-refractivity contribution in [2.24, 2.45) is 11.1 Å². The highest BCUT2D eigenvalue weighted by molar-refractivity contribution is 5.95. The SMILES string of the molecule is C[C@]1(C(=O)O)CCN(C(=O)c2ccc(CNC(N)=O)cc2)C1. The summed E-state index contributed by atoms with van der Waals surface area (Å²) in [5, 5.41) is 11.7. The van der Waals surface area contributed by atoms with Gasteiger partial charge in [-0.05, 0) is 31.0 Å². The summed E-state index contributed by atoms with van der Waals surface area (Å²) < 4.78 is 0. The molecule has 22 heavy (non-hydrogen) atoms. The van der Waals surface area contributed by atoms with Crippen LogP contribution >= 0.6 is 0 Å². The summed E-state index contributed by atoms with van der Waals surface area (Å²) in [4.78, 5) is 35.8. The molecule has 118 valence electrons. The Morgan fingerprint density at radius 3 is 2.45 bits per heavy atom. The molecule has 1 saturated heterocycles. The maximum Gasteiger partial charge on any atom is 0.312 e. The van der Waals surface area contributed by atoms with Crippen LogP contribution in [0.3, 0.4) is 0 Å². The van der Waals surface area contributed by atoms with E-state index in [1.54, 1.807) is 36.1 Å². The first-order valence-corrected chi connectivity index (χ1v) is 6.97. The van der Waals surface area contributed by atoms with Gasteiger partial charge < -0.3 is 21.1 Å². The lowest BCUT2D eigenvalue weighted by atomic mass is 9.90. The van der Waals surface area contributed by atoms with E-state index in [0.717, 1.165) is 5.56 Å². The topological polar surface area (TPSA) is 113 Å². The number of carboxylic acids is 1. The van der Waals surface area contributed by atoms with Crippen molar-refractivity contribution in [1.29, 1.82) is 0 Å². The van der Waals surface area contributed by atoms with Crippen LogP contribution in [0.2, 0.25) is 0 Å². The van der Waals surface area contributed by atoms with Gasteiger partial charge in [-0.1, -0.05) is 12.1 Å². The number of urea groups is 1. The molecule has 0 aliphatic carbocycles. The quantitative estimate of drug-likeness (QED) is 0.763. The Labute approximate surface area is 128 Å². The van der Waals surface area contributed by atoms with E-state index < -0.39 is 17.4 Å². The Bertz CT molecular complexity index is 599. The van der Waals surface area contributed by atoms with E-state index in [-0.39, 0.29) is 12.5 Å². The zero-order valence-corrected chi connectivity index (χ0v) is 12.3. The minimum absolute atomic E-state index is 0.181. The number of hydrogen-bond donors (Lipinski definition) is 3. The molecule has 1 atom stereocenters. The lowest BCUT2D eigenvalue weighted by molar-refractivity contribution is -0.147. The first-order valence-electron chi connectivity index (χ1n) is 6.97. The summed E-state index contributed by atoms with van der Waals surface area (Å²) in [5.41, 5.74) is 5.44. The molecule has 1 aromatic carbocycles. The lowest BCUT2D eigenvalue weighted by Crippen LogP contribution is -2.34. The number of nitrogens with two attached hydrogens (primary N) is 1. The van der Waals surface area contributed by atoms with Crippen LogP contribution in [0.25, 0.3) is 0 Å². The monoisotopic (exact) mass is 305 g/mol. The van der Waals surface area contributed by atoms with E-state index >= 15 is 0 Å². The summed E-state index contributed by atoms with van der Waals surface area (Å²) in [7, 11) is 0. The Morgan fingerprint density at radius 2 is 1.95 bits per heavy atom. The van der Waals surface area contributed by atoms with Gasteiger partial charge in [0.05, 0.1) is 5.41 Å². The average molecular weight is 305 g/mol. The van der Waals surface area contributed by atoms with Gasteiger partial charge in [-0.15, -0.1) is 0 Å². The first kappa shape index (κ1) is 15.8. The minimum atomic E-state index is -0.879. The molecule has 0 bridgehead atoms. The van der Waals surface area contributed by atoms with Crippen molar-refractivity contribution in [2.45, 2.75) is 19.9 Å². The van der Waals surface area contributed by atoms with Crippen molar-refractivity contribution in [2.75, 3.05) is 13.1 Å². The number of carbonyl (C=O) groups excluding carboxylic acids is 2. The summed E-state index contributed by atoms with van der Waals surface area (Å²) in [6.45, 7) is 2.60. The van der Waals surface area contributed by atoms with Crippen LogP contribution in [0, 0.1) is 5.41 Å². The predicted molar refractivity (Wildman–Crippen MR) is 79.1 cm³/mol. The molecule has 1 fully saturated rings. The van der Waals surface area contributed by atoms with Gasteiger partial charge in [0, 0.05) is 25.2 Å². The molecule has 7 nitrogen and oxygen atoms in total. The number of primary amides is 1. The van der Waals surface area contributed by atoms with Crippen molar-refractivity contribution in [3.05, 3.63) is 35.4 Å². The number of nitrogens with one attached hydrogen (secondary N) is 1. The second kappa shape index (κ2) is 6.05. The third kappa shape index (κ3) is 3.36. The number of nitrogens with zero attached hydrogens (tertiary/aromatic N) is 1. The van der Waals surface area contributed by atoms with E-state index in [1.807, 2.05) is 0 Å². The molecular weight excluding hydrogens is 286 g/mol. The van der Waals surface area contributed by atoms with Gasteiger partial charge in [-0.2, -0.15) is 0 Å². The minimum Gasteiger partial charge on any atom is -0.481 e. The smallest absolute Gasteiger partial charge is 0.312 e. The molecular formula is C15H19N3O4. The van der Waals surface area contributed by atoms with E-state index in [2.05, 4.69) is 5.32 Å². The highest BCUT2D eigenvalue weighted by Gasteiger charge is 2.42. The van der Waals surface area contributed by atoms with Crippen LogP contribution in [0.5, 0.6) is 0 Å². The molecule has 0 saturated carbocycles. The largest absolute Gasteiger partial charge is 0.481 e. The molecule has 1 aliphatic rings. The summed E-state index contributed by atoms with van der Waals surface area (Å²) in [5.74, 6) is -1.06. The molecule has 2 rings (SSSR count). The standard InChI is InChI=1S/C15H19N3O4/c1-15(13(20)21)6-7-18(9-15)12(19)11-4-2-10(3-5-11)8-17-14(16)22/h2-5H,6-9H2,1H3,(H,20,21)(H3,16,17,22)/t15-/m0/s1. The number of hydrogen-bond acceptors (Lipinski definition) is 3. The maximum absolute atomic E-state index is 12.4. The van der Waals surface area contributed by atoms with Crippen molar-refractivity contribution < 1.29 is 19.5 Å². The van der Waals surface area contributed by atoms with Crippen molar-refractivity contribution in [3.63, 3.8) is 0 Å². The Morgan fingerprint density at radius 1 is 1.32 bits per heavy atom. The molecule has 3 amide bonds. The zero-order chi connectivity index (χ0) is 16.3. The molecule has 0 radical (unpaired) electrons. The van der Waals surface area contributed by atoms with Gasteiger partial charge in [0.1, 0.15) is 0 Å². The highest BCUT2D eigenvalue weighted by Crippen LogP contribution is 2.30. The first-order chi connectivity index (χ1) is 10.3. The molecule has 1 aliphatic heterocycles. The van der Waals surface area contributed by atoms with Crippen molar-refractivity contribution >= 4 is 17.9 Å². The predicted octanol–water partition coefficient (Wildman–Crippen LogP) is 0.792. The fraction of sp³-hybridized carbons (Fsp3) is 0.400. The van der Waals surface area contributed by atoms with E-state index in [1.165, 1.54) is 0 Å². The Balaban J connectivity index is 2.02. The molecule has 1 aromatic rings. The normalized spacial score (nSPS) is 20.7. The molecule has 4 N–H and O–H groups in total. The van der Waals surface area contributed by atoms with Crippen molar-refractivity contribution in [3.8, 4) is 0 Å². The van der Waals surface area contributed by atoms with Crippen LogP contribution in [0.4, 0.5) is 4.79 Å². The van der Waals surface area contributed by atoms with Crippen LogP contribution in [-0.2, 0) is 11.3 Å². The zero-order valence-electron chi connectivity index (χ0n) is 12.3. The van der Waals surface area contributed by atoms with Crippen molar-refractivity contribution in [1.82, 2.24) is 10.2 Å². The second-order valence-electron chi connectivity index (χ2n) is 5.76. The van der Waals surface area contributed by atoms with E-state index in [9.17, 15) is 19.5 Å². The maximum atomic E-state index is 12.4. The third-order valence-electron chi connectivity index (χ3n) is 3.94. The number of amides is 3. The molecule has 0 aromatic heterocycles. The number of aliphatic carboxylic acids is 1. The van der Waals surface area contributed by atoms with E-state index in [4.69, 9.17) is 5.73 Å². The highest BCUT2D eigenvalue weighted by atomic mass is 16.4. The van der Waals surface area contributed by atoms with Crippen LogP contribution in [-0.4, -0.2) is 41.0 Å². The summed E-state index contributed by atoms with van der Waals surface area (Å²) in [6.07, 6.45) is 0.453. The fourth-order valence-electron chi connectivity index (χ4n) is 2.45. The van der Waals surface area contributed by atoms with Crippen LogP contribution in [0.15, 0.2) is 24.3 Å². The van der Waals surface area contributed by atoms with Gasteiger partial charge >= 0.3 is 12.0 Å². The molecule has 1 heterocycles. The van der Waals surface area contributed by atoms with Crippen LogP contribution in [0.1, 0.15) is 29.3 Å². The third-order valence-corrected chi connectivity index (χ3v) is 3.94. The number of carbonyl (C=O) groups is 3. The molecule has 0 unspecified atom stereocenters. The Kier molecular flexibility index (Phi) is 4.35. The summed E-state index contributed by atoms with van der Waals surface area (Å²) >= 11 is 0. The number of carboxylic acid groups (broad SMARTS) is 1. The average Bonchev–Trinajstić information content (AvgIpc) is 2.89. The van der Waals surface area contributed by atoms with Gasteiger partial charge in [0.15, 0.2) is 0 Å². The van der Waals surface area contributed by atoms with Gasteiger partial charge in [-0.25, -0.2) is 4.79 Å². The van der Waals surface area contributed by atoms with Gasteiger partial charge in [0.2, 0.25) is 0 Å². The number of benzene rings is 1. The second-order valence-corrected chi connectivity index (χ2v) is 5.76. The van der Waals surface area contributed by atoms with Gasteiger partial charge in [-0.3, -0.25) is 9.59 Å². The van der Waals surface area contributed by atoms with Crippen LogP contribution < -0.4 is 11.1 Å². The fourth-order valence-corrected chi connectivity index (χ4v) is 2.45. The molecule has 0 spiro atoms. The van der Waals surface area contributed by atoms with E-state index in [0.29, 0.717) is 25.1 Å². The number of rotatable bonds is 4. The Hall–Kier alpha value is -2.57. The lowest BCUT2D eigenvalue weighted by Gasteiger charge is -2.20.